The number of nitrogens with one attached hydrogen (secondary N) is 1. The number of rotatable bonds is 6. The van der Waals surface area contributed by atoms with Crippen molar-refractivity contribution in [1.29, 1.82) is 0 Å². The van der Waals surface area contributed by atoms with Crippen molar-refractivity contribution in [3.63, 3.8) is 0 Å². The van der Waals surface area contributed by atoms with E-state index in [0.29, 0.717) is 25.2 Å². The first-order valence-corrected chi connectivity index (χ1v) is 12.1. The highest BCUT2D eigenvalue weighted by Gasteiger charge is 2.32. The predicted octanol–water partition coefficient (Wildman–Crippen LogP) is 3.06. The van der Waals surface area contributed by atoms with Crippen molar-refractivity contribution >= 4 is 33.0 Å². The first-order valence-electron chi connectivity index (χ1n) is 9.75. The third-order valence-electron chi connectivity index (χ3n) is 5.35. The summed E-state index contributed by atoms with van der Waals surface area (Å²) in [4.78, 5) is 16.1. The fourth-order valence-corrected chi connectivity index (χ4v) is 6.23. The molecule has 28 heavy (non-hydrogen) atoms. The second-order valence-corrected chi connectivity index (χ2v) is 10.2. The van der Waals surface area contributed by atoms with Crippen LogP contribution in [0.1, 0.15) is 40.9 Å². The van der Waals surface area contributed by atoms with Gasteiger partial charge in [0.1, 0.15) is 4.90 Å². The van der Waals surface area contributed by atoms with E-state index in [0.717, 1.165) is 49.3 Å². The highest BCUT2D eigenvalue weighted by Crippen LogP contribution is 2.32. The van der Waals surface area contributed by atoms with Gasteiger partial charge in [-0.15, -0.1) is 11.3 Å². The lowest BCUT2D eigenvalue weighted by atomic mass is 10.2. The molecule has 2 saturated heterocycles. The number of carbonyl (C=O) groups is 1. The van der Waals surface area contributed by atoms with Crippen molar-refractivity contribution in [2.75, 3.05) is 31.1 Å². The van der Waals surface area contributed by atoms with Crippen LogP contribution < -0.4 is 10.2 Å². The molecular weight excluding hydrogens is 394 g/mol. The number of amides is 1. The molecule has 0 aliphatic carbocycles. The smallest absolute Gasteiger partial charge is 0.251 e. The summed E-state index contributed by atoms with van der Waals surface area (Å²) in [7, 11) is -3.61. The number of nitrogens with zero attached hydrogens (tertiary/aromatic N) is 2. The van der Waals surface area contributed by atoms with Gasteiger partial charge < -0.3 is 10.2 Å². The van der Waals surface area contributed by atoms with Crippen molar-refractivity contribution in [1.82, 2.24) is 9.62 Å². The van der Waals surface area contributed by atoms with E-state index >= 15 is 0 Å². The summed E-state index contributed by atoms with van der Waals surface area (Å²) in [5.74, 6) is -0.251. The Labute approximate surface area is 170 Å². The highest BCUT2D eigenvalue weighted by molar-refractivity contribution is 7.89. The standard InChI is InChI=1S/C20H25N3O3S2/c24-20(21-15-17-6-5-13-27-17)16-7-8-18(22-9-1-2-10-22)19(14-16)28(25,26)23-11-3-4-12-23/h5-8,13-14H,1-4,9-12,15H2,(H,21,24). The van der Waals surface area contributed by atoms with Crippen molar-refractivity contribution < 1.29 is 13.2 Å². The summed E-state index contributed by atoms with van der Waals surface area (Å²) in [5, 5.41) is 4.85. The number of hydrogen-bond acceptors (Lipinski definition) is 5. The van der Waals surface area contributed by atoms with Crippen LogP contribution in [-0.4, -0.2) is 44.8 Å². The van der Waals surface area contributed by atoms with Gasteiger partial charge in [-0.2, -0.15) is 4.31 Å². The van der Waals surface area contributed by atoms with Gasteiger partial charge in [-0.3, -0.25) is 4.79 Å². The molecule has 1 aromatic heterocycles. The number of benzene rings is 1. The molecule has 150 valence electrons. The average Bonchev–Trinajstić information content (AvgIpc) is 3.48. The third-order valence-corrected chi connectivity index (χ3v) is 8.16. The molecule has 1 amide bonds. The normalized spacial score (nSPS) is 17.9. The second kappa shape index (κ2) is 8.23. The lowest BCUT2D eigenvalue weighted by Crippen LogP contribution is -2.31. The molecular formula is C20H25N3O3S2. The van der Waals surface area contributed by atoms with Crippen LogP contribution >= 0.6 is 11.3 Å². The molecule has 0 bridgehead atoms. The molecule has 2 fully saturated rings. The van der Waals surface area contributed by atoms with Crippen LogP contribution in [0.3, 0.4) is 0 Å². The van der Waals surface area contributed by atoms with Gasteiger partial charge in [0.2, 0.25) is 10.0 Å². The van der Waals surface area contributed by atoms with Crippen molar-refractivity contribution in [3.05, 3.63) is 46.2 Å². The Morgan fingerprint density at radius 1 is 1.04 bits per heavy atom. The molecule has 3 heterocycles. The van der Waals surface area contributed by atoms with E-state index in [1.165, 1.54) is 0 Å². The van der Waals surface area contributed by atoms with Crippen molar-refractivity contribution in [2.45, 2.75) is 37.1 Å². The van der Waals surface area contributed by atoms with E-state index in [1.54, 1.807) is 33.8 Å². The van der Waals surface area contributed by atoms with Gasteiger partial charge in [0, 0.05) is 36.6 Å². The maximum absolute atomic E-state index is 13.3. The Balaban J connectivity index is 1.64. The summed E-state index contributed by atoms with van der Waals surface area (Å²) >= 11 is 1.58. The number of hydrogen-bond donors (Lipinski definition) is 1. The van der Waals surface area contributed by atoms with Crippen LogP contribution in [0.2, 0.25) is 0 Å². The topological polar surface area (TPSA) is 69.7 Å². The minimum absolute atomic E-state index is 0.251. The number of carbonyl (C=O) groups excluding carboxylic acids is 1. The maximum atomic E-state index is 13.3. The lowest BCUT2D eigenvalue weighted by molar-refractivity contribution is 0.0951. The second-order valence-electron chi connectivity index (χ2n) is 7.25. The Hall–Kier alpha value is -1.90. The van der Waals surface area contributed by atoms with Crippen LogP contribution in [0.5, 0.6) is 0 Å². The molecule has 2 aliphatic rings. The molecule has 1 aromatic carbocycles. The molecule has 0 unspecified atom stereocenters. The molecule has 0 radical (unpaired) electrons. The predicted molar refractivity (Wildman–Crippen MR) is 111 cm³/mol. The SMILES string of the molecule is O=C(NCc1cccs1)c1ccc(N2CCCC2)c(S(=O)(=O)N2CCCC2)c1. The Kier molecular flexibility index (Phi) is 5.70. The molecule has 0 spiro atoms. The summed E-state index contributed by atoms with van der Waals surface area (Å²) < 4.78 is 28.2. The van der Waals surface area contributed by atoms with Gasteiger partial charge >= 0.3 is 0 Å². The van der Waals surface area contributed by atoms with E-state index in [4.69, 9.17) is 0 Å². The highest BCUT2D eigenvalue weighted by atomic mass is 32.2. The van der Waals surface area contributed by atoms with Gasteiger partial charge in [-0.1, -0.05) is 6.07 Å². The zero-order chi connectivity index (χ0) is 19.6. The molecule has 4 rings (SSSR count). The summed E-state index contributed by atoms with van der Waals surface area (Å²) in [6.45, 7) is 3.25. The van der Waals surface area contributed by atoms with Crippen LogP contribution in [-0.2, 0) is 16.6 Å². The zero-order valence-corrected chi connectivity index (χ0v) is 17.4. The van der Waals surface area contributed by atoms with Crippen molar-refractivity contribution in [2.24, 2.45) is 0 Å². The molecule has 1 N–H and O–H groups in total. The number of thiophene rings is 1. The van der Waals surface area contributed by atoms with Gasteiger partial charge in [0.05, 0.1) is 12.2 Å². The molecule has 2 aliphatic heterocycles. The Morgan fingerprint density at radius 3 is 2.43 bits per heavy atom. The quantitative estimate of drug-likeness (QED) is 0.781. The molecule has 6 nitrogen and oxygen atoms in total. The van der Waals surface area contributed by atoms with E-state index < -0.39 is 10.0 Å². The van der Waals surface area contributed by atoms with Gasteiger partial charge in [0.25, 0.3) is 5.91 Å². The van der Waals surface area contributed by atoms with E-state index in [9.17, 15) is 13.2 Å². The fourth-order valence-electron chi connectivity index (χ4n) is 3.83. The van der Waals surface area contributed by atoms with Gasteiger partial charge in [0.15, 0.2) is 0 Å². The minimum Gasteiger partial charge on any atom is -0.370 e. The lowest BCUT2D eigenvalue weighted by Gasteiger charge is -2.24. The monoisotopic (exact) mass is 419 g/mol. The summed E-state index contributed by atoms with van der Waals surface area (Å²) in [5.41, 5.74) is 1.11. The summed E-state index contributed by atoms with van der Waals surface area (Å²) in [6, 6.07) is 9.00. The molecule has 2 aromatic rings. The molecule has 0 saturated carbocycles. The van der Waals surface area contributed by atoms with Crippen LogP contribution in [0.15, 0.2) is 40.6 Å². The maximum Gasteiger partial charge on any atom is 0.251 e. The summed E-state index contributed by atoms with van der Waals surface area (Å²) in [6.07, 6.45) is 3.90. The van der Waals surface area contributed by atoms with Crippen LogP contribution in [0, 0.1) is 0 Å². The zero-order valence-electron chi connectivity index (χ0n) is 15.8. The Morgan fingerprint density at radius 2 is 1.75 bits per heavy atom. The van der Waals surface area contributed by atoms with Gasteiger partial charge in [-0.25, -0.2) is 8.42 Å². The first-order chi connectivity index (χ1) is 13.6. The average molecular weight is 420 g/mol. The van der Waals surface area contributed by atoms with Crippen LogP contribution in [0.4, 0.5) is 5.69 Å². The molecule has 0 atom stereocenters. The third kappa shape index (κ3) is 3.94. The molecule has 8 heteroatoms. The van der Waals surface area contributed by atoms with E-state index in [1.807, 2.05) is 17.5 Å². The number of anilines is 1. The Bertz CT molecular complexity index is 930. The minimum atomic E-state index is -3.61. The van der Waals surface area contributed by atoms with E-state index in [-0.39, 0.29) is 10.8 Å². The number of sulfonamides is 1. The van der Waals surface area contributed by atoms with Crippen LogP contribution in [0.25, 0.3) is 0 Å². The fraction of sp³-hybridized carbons (Fsp3) is 0.450. The van der Waals surface area contributed by atoms with Crippen molar-refractivity contribution in [3.8, 4) is 0 Å². The van der Waals surface area contributed by atoms with Gasteiger partial charge in [-0.05, 0) is 55.3 Å². The largest absolute Gasteiger partial charge is 0.370 e. The van der Waals surface area contributed by atoms with E-state index in [2.05, 4.69) is 10.2 Å². The first kappa shape index (κ1) is 19.4.